The Hall–Kier alpha value is -3.47. The van der Waals surface area contributed by atoms with Gasteiger partial charge in [0.1, 0.15) is 18.3 Å². The third-order valence-corrected chi connectivity index (χ3v) is 6.97. The summed E-state index contributed by atoms with van der Waals surface area (Å²) in [7, 11) is -2.28. The van der Waals surface area contributed by atoms with Crippen LogP contribution in [0, 0.1) is 0 Å². The number of benzene rings is 2. The standard InChI is InChI=1S/C25H33N3O7S/c1-5-6-13-26-25(30)18(2)27(15-19-7-10-21(33-3)11-8-19)24(29)16-28(36(4,31)32)20-9-12-22-23(14-20)35-17-34-22/h7-12,14,18H,5-6,13,15-17H2,1-4H3,(H,26,30). The smallest absolute Gasteiger partial charge is 0.244 e. The average Bonchev–Trinajstić information content (AvgIpc) is 3.33. The van der Waals surface area contributed by atoms with Gasteiger partial charge >= 0.3 is 0 Å². The van der Waals surface area contributed by atoms with Crippen LogP contribution in [0.1, 0.15) is 32.3 Å². The minimum Gasteiger partial charge on any atom is -0.497 e. The second-order valence-electron chi connectivity index (χ2n) is 8.50. The van der Waals surface area contributed by atoms with Crippen molar-refractivity contribution in [1.82, 2.24) is 10.2 Å². The lowest BCUT2D eigenvalue weighted by Gasteiger charge is -2.31. The molecule has 1 unspecified atom stereocenters. The number of nitrogens with zero attached hydrogens (tertiary/aromatic N) is 2. The van der Waals surface area contributed by atoms with Gasteiger partial charge in [-0.2, -0.15) is 0 Å². The van der Waals surface area contributed by atoms with E-state index >= 15 is 0 Å². The fourth-order valence-corrected chi connectivity index (χ4v) is 4.54. The molecule has 3 rings (SSSR count). The number of carbonyl (C=O) groups excluding carboxylic acids is 2. The van der Waals surface area contributed by atoms with Crippen molar-refractivity contribution in [2.45, 2.75) is 39.3 Å². The lowest BCUT2D eigenvalue weighted by Crippen LogP contribution is -2.51. The molecule has 0 aliphatic carbocycles. The molecule has 2 amide bonds. The van der Waals surface area contributed by atoms with Crippen LogP contribution in [0.15, 0.2) is 42.5 Å². The fourth-order valence-electron chi connectivity index (χ4n) is 3.70. The Morgan fingerprint density at radius 1 is 1.11 bits per heavy atom. The van der Waals surface area contributed by atoms with Gasteiger partial charge < -0.3 is 24.4 Å². The number of unbranched alkanes of at least 4 members (excludes halogenated alkanes) is 1. The molecule has 0 bridgehead atoms. The topological polar surface area (TPSA) is 114 Å². The van der Waals surface area contributed by atoms with E-state index in [0.717, 1.165) is 29.0 Å². The molecule has 0 saturated carbocycles. The van der Waals surface area contributed by atoms with Gasteiger partial charge in [0.2, 0.25) is 28.6 Å². The number of fused-ring (bicyclic) bond motifs is 1. The van der Waals surface area contributed by atoms with E-state index in [1.54, 1.807) is 50.4 Å². The number of anilines is 1. The molecule has 0 radical (unpaired) electrons. The number of ether oxygens (including phenoxy) is 3. The van der Waals surface area contributed by atoms with E-state index in [-0.39, 0.29) is 24.9 Å². The molecular formula is C25H33N3O7S. The van der Waals surface area contributed by atoms with Crippen molar-refractivity contribution in [3.63, 3.8) is 0 Å². The molecule has 0 saturated heterocycles. The molecule has 1 aliphatic rings. The molecule has 0 spiro atoms. The van der Waals surface area contributed by atoms with E-state index in [1.807, 2.05) is 6.92 Å². The van der Waals surface area contributed by atoms with Gasteiger partial charge in [-0.25, -0.2) is 8.42 Å². The molecule has 0 fully saturated rings. The molecule has 2 aromatic rings. The lowest BCUT2D eigenvalue weighted by molar-refractivity contribution is -0.139. The van der Waals surface area contributed by atoms with E-state index in [0.29, 0.717) is 23.8 Å². The largest absolute Gasteiger partial charge is 0.497 e. The summed E-state index contributed by atoms with van der Waals surface area (Å²) in [5, 5.41) is 2.85. The zero-order valence-electron chi connectivity index (χ0n) is 21.0. The first-order valence-corrected chi connectivity index (χ1v) is 13.6. The number of carbonyl (C=O) groups is 2. The second kappa shape index (κ2) is 12.0. The van der Waals surface area contributed by atoms with Gasteiger partial charge in [0.05, 0.1) is 19.1 Å². The number of sulfonamides is 1. The van der Waals surface area contributed by atoms with Crippen LogP contribution in [0.5, 0.6) is 17.2 Å². The number of amides is 2. The monoisotopic (exact) mass is 519 g/mol. The first-order valence-electron chi connectivity index (χ1n) is 11.7. The molecule has 2 aromatic carbocycles. The summed E-state index contributed by atoms with van der Waals surface area (Å²) >= 11 is 0. The van der Waals surface area contributed by atoms with Crippen molar-refractivity contribution in [3.8, 4) is 17.2 Å². The van der Waals surface area contributed by atoms with Crippen LogP contribution in [-0.4, -0.2) is 64.4 Å². The first kappa shape index (κ1) is 27.1. The molecule has 1 heterocycles. The van der Waals surface area contributed by atoms with Crippen molar-refractivity contribution in [3.05, 3.63) is 48.0 Å². The number of methoxy groups -OCH3 is 1. The molecule has 10 nitrogen and oxygen atoms in total. The number of hydrogen-bond acceptors (Lipinski definition) is 7. The Morgan fingerprint density at radius 3 is 2.44 bits per heavy atom. The summed E-state index contributed by atoms with van der Waals surface area (Å²) in [6, 6.07) is 11.0. The number of hydrogen-bond donors (Lipinski definition) is 1. The maximum Gasteiger partial charge on any atom is 0.244 e. The first-order chi connectivity index (χ1) is 17.1. The molecule has 0 aromatic heterocycles. The van der Waals surface area contributed by atoms with Gasteiger partial charge in [0.15, 0.2) is 11.5 Å². The highest BCUT2D eigenvalue weighted by molar-refractivity contribution is 7.92. The Labute approximate surface area is 212 Å². The van der Waals surface area contributed by atoms with Crippen LogP contribution in [-0.2, 0) is 26.2 Å². The number of rotatable bonds is 12. The normalized spacial score (nSPS) is 13.1. The summed E-state index contributed by atoms with van der Waals surface area (Å²) in [5.74, 6) is 0.726. The zero-order valence-corrected chi connectivity index (χ0v) is 21.8. The summed E-state index contributed by atoms with van der Waals surface area (Å²) in [4.78, 5) is 27.8. The van der Waals surface area contributed by atoms with E-state index < -0.39 is 28.5 Å². The Kier molecular flexibility index (Phi) is 9.03. The summed E-state index contributed by atoms with van der Waals surface area (Å²) in [6.07, 6.45) is 2.76. The van der Waals surface area contributed by atoms with Crippen LogP contribution in [0.2, 0.25) is 0 Å². The molecule has 11 heteroatoms. The van der Waals surface area contributed by atoms with Crippen LogP contribution < -0.4 is 23.8 Å². The van der Waals surface area contributed by atoms with Crippen molar-refractivity contribution in [2.75, 3.05) is 37.6 Å². The Balaban J connectivity index is 1.87. The minimum atomic E-state index is -3.84. The average molecular weight is 520 g/mol. The lowest BCUT2D eigenvalue weighted by atomic mass is 10.1. The van der Waals surface area contributed by atoms with E-state index in [9.17, 15) is 18.0 Å². The van der Waals surface area contributed by atoms with Crippen molar-refractivity contribution in [1.29, 1.82) is 0 Å². The molecule has 196 valence electrons. The van der Waals surface area contributed by atoms with Gasteiger partial charge in [-0.3, -0.25) is 13.9 Å². The van der Waals surface area contributed by atoms with E-state index in [1.165, 1.54) is 11.0 Å². The third kappa shape index (κ3) is 6.81. The van der Waals surface area contributed by atoms with Gasteiger partial charge in [0.25, 0.3) is 0 Å². The Bertz CT molecular complexity index is 1170. The maximum absolute atomic E-state index is 13.6. The van der Waals surface area contributed by atoms with Gasteiger partial charge in [0, 0.05) is 19.2 Å². The predicted molar refractivity (Wildman–Crippen MR) is 136 cm³/mol. The van der Waals surface area contributed by atoms with E-state index in [2.05, 4.69) is 5.32 Å². The van der Waals surface area contributed by atoms with Crippen molar-refractivity contribution >= 4 is 27.5 Å². The SMILES string of the molecule is CCCCNC(=O)C(C)N(Cc1ccc(OC)cc1)C(=O)CN(c1ccc2c(c1)OCO2)S(C)(=O)=O. The fraction of sp³-hybridized carbons (Fsp3) is 0.440. The molecule has 36 heavy (non-hydrogen) atoms. The molecule has 1 atom stereocenters. The highest BCUT2D eigenvalue weighted by atomic mass is 32.2. The van der Waals surface area contributed by atoms with Crippen molar-refractivity contribution < 1.29 is 32.2 Å². The Morgan fingerprint density at radius 2 is 1.81 bits per heavy atom. The van der Waals surface area contributed by atoms with Gasteiger partial charge in [-0.05, 0) is 43.2 Å². The molecule has 1 N–H and O–H groups in total. The van der Waals surface area contributed by atoms with Gasteiger partial charge in [-0.1, -0.05) is 25.5 Å². The van der Waals surface area contributed by atoms with Gasteiger partial charge in [-0.15, -0.1) is 0 Å². The zero-order chi connectivity index (χ0) is 26.3. The quantitative estimate of drug-likeness (QED) is 0.429. The predicted octanol–water partition coefficient (Wildman–Crippen LogP) is 2.52. The molecular weight excluding hydrogens is 486 g/mol. The number of nitrogens with one attached hydrogen (secondary N) is 1. The summed E-state index contributed by atoms with van der Waals surface area (Å²) in [5.41, 5.74) is 1.03. The highest BCUT2D eigenvalue weighted by Gasteiger charge is 2.30. The summed E-state index contributed by atoms with van der Waals surface area (Å²) < 4.78 is 42.2. The van der Waals surface area contributed by atoms with Crippen LogP contribution >= 0.6 is 0 Å². The second-order valence-corrected chi connectivity index (χ2v) is 10.4. The maximum atomic E-state index is 13.6. The third-order valence-electron chi connectivity index (χ3n) is 5.83. The highest BCUT2D eigenvalue weighted by Crippen LogP contribution is 2.36. The van der Waals surface area contributed by atoms with Crippen LogP contribution in [0.4, 0.5) is 5.69 Å². The van der Waals surface area contributed by atoms with Crippen LogP contribution in [0.25, 0.3) is 0 Å². The summed E-state index contributed by atoms with van der Waals surface area (Å²) in [6.45, 7) is 3.82. The molecule has 1 aliphatic heterocycles. The van der Waals surface area contributed by atoms with E-state index in [4.69, 9.17) is 14.2 Å². The van der Waals surface area contributed by atoms with Crippen molar-refractivity contribution in [2.24, 2.45) is 0 Å². The minimum absolute atomic E-state index is 0.0386. The van der Waals surface area contributed by atoms with Crippen LogP contribution in [0.3, 0.4) is 0 Å².